The van der Waals surface area contributed by atoms with Gasteiger partial charge in [0.05, 0.1) is 5.57 Å². The maximum Gasteiger partial charge on any atom is 0.301 e. The van der Waals surface area contributed by atoms with Crippen LogP contribution in [0.5, 0.6) is 5.75 Å². The van der Waals surface area contributed by atoms with Gasteiger partial charge in [0.25, 0.3) is 5.78 Å². The first-order valence-corrected chi connectivity index (χ1v) is 10.8. The molecule has 5 rings (SSSR count). The van der Waals surface area contributed by atoms with Crippen LogP contribution in [0, 0.1) is 12.7 Å². The van der Waals surface area contributed by atoms with E-state index in [1.54, 1.807) is 31.2 Å². The molecule has 0 radical (unpaired) electrons. The van der Waals surface area contributed by atoms with Gasteiger partial charge in [-0.15, -0.1) is 10.2 Å². The number of hydrogen-bond donors (Lipinski definition) is 1. The number of rotatable bonds is 3. The predicted molar refractivity (Wildman–Crippen MR) is 116 cm³/mol. The highest BCUT2D eigenvalue weighted by atomic mass is 32.1. The number of fused-ring (bicyclic) bond motifs is 1. The fraction of sp³-hybridized carbons (Fsp3) is 0.217. The fourth-order valence-corrected chi connectivity index (χ4v) is 4.84. The van der Waals surface area contributed by atoms with Crippen LogP contribution in [0.25, 0.3) is 5.76 Å². The van der Waals surface area contributed by atoms with Gasteiger partial charge >= 0.3 is 5.91 Å². The summed E-state index contributed by atoms with van der Waals surface area (Å²) >= 11 is 1.11. The first-order valence-electron chi connectivity index (χ1n) is 10.0. The van der Waals surface area contributed by atoms with Crippen molar-refractivity contribution in [1.82, 2.24) is 10.2 Å². The van der Waals surface area contributed by atoms with Crippen LogP contribution in [0.1, 0.15) is 34.7 Å². The Bertz CT molecular complexity index is 1300. The summed E-state index contributed by atoms with van der Waals surface area (Å²) in [5.74, 6) is -2.07. The van der Waals surface area contributed by atoms with Crippen LogP contribution < -0.4 is 9.64 Å². The van der Waals surface area contributed by atoms with Crippen LogP contribution >= 0.6 is 11.3 Å². The van der Waals surface area contributed by atoms with Crippen molar-refractivity contribution in [3.05, 3.63) is 75.6 Å². The van der Waals surface area contributed by atoms with E-state index in [4.69, 9.17) is 4.74 Å². The zero-order valence-electron chi connectivity index (χ0n) is 17.2. The number of amides is 1. The third kappa shape index (κ3) is 3.16. The Morgan fingerprint density at radius 3 is 2.72 bits per heavy atom. The Kier molecular flexibility index (Phi) is 4.78. The van der Waals surface area contributed by atoms with Crippen LogP contribution in [0.2, 0.25) is 0 Å². The molecular weight excluding hydrogens is 433 g/mol. The van der Waals surface area contributed by atoms with Crippen molar-refractivity contribution in [3.63, 3.8) is 0 Å². The Morgan fingerprint density at radius 1 is 1.22 bits per heavy atom. The van der Waals surface area contributed by atoms with Crippen molar-refractivity contribution < 1.29 is 23.8 Å². The lowest BCUT2D eigenvalue weighted by Gasteiger charge is -2.22. The number of nitrogens with zero attached hydrogens (tertiary/aromatic N) is 3. The average molecular weight is 451 g/mol. The number of benzene rings is 2. The van der Waals surface area contributed by atoms with E-state index in [0.29, 0.717) is 22.7 Å². The van der Waals surface area contributed by atoms with Crippen molar-refractivity contribution in [3.8, 4) is 5.75 Å². The summed E-state index contributed by atoms with van der Waals surface area (Å²) in [4.78, 5) is 27.2. The molecule has 1 aromatic heterocycles. The van der Waals surface area contributed by atoms with Crippen LogP contribution in [-0.4, -0.2) is 33.1 Å². The molecule has 3 aromatic rings. The standard InChI is InChI=1S/C23H18FN3O4S/c1-11-9-14-10-13(7-8-17(14)31-11)20(28)18-19(15-5-3-4-6-16(15)24)27(22(30)21(18)29)23-26-25-12(2)32-23/h3-8,10-11,19,28H,9H2,1-2H3/b20-18+/t11-,19-/m1/s1. The number of aliphatic hydroxyl groups excluding tert-OH is 1. The van der Waals surface area contributed by atoms with Gasteiger partial charge in [-0.1, -0.05) is 29.5 Å². The number of anilines is 1. The molecule has 0 saturated carbocycles. The van der Waals surface area contributed by atoms with E-state index in [2.05, 4.69) is 10.2 Å². The minimum Gasteiger partial charge on any atom is -0.507 e. The zero-order chi connectivity index (χ0) is 22.6. The van der Waals surface area contributed by atoms with Crippen molar-refractivity contribution in [1.29, 1.82) is 0 Å². The lowest BCUT2D eigenvalue weighted by Crippen LogP contribution is -2.29. The number of carbonyl (C=O) groups is 2. The number of Topliss-reactive ketones (excluding diaryl/α,β-unsaturated/α-hetero) is 1. The van der Waals surface area contributed by atoms with Gasteiger partial charge in [0.2, 0.25) is 5.13 Å². The molecule has 0 spiro atoms. The normalized spacial score (nSPS) is 21.7. The average Bonchev–Trinajstić information content (AvgIpc) is 3.43. The van der Waals surface area contributed by atoms with E-state index in [1.807, 2.05) is 6.92 Å². The first kappa shape index (κ1) is 20.3. The smallest absolute Gasteiger partial charge is 0.301 e. The van der Waals surface area contributed by atoms with E-state index in [1.165, 1.54) is 18.2 Å². The molecule has 0 bridgehead atoms. The van der Waals surface area contributed by atoms with E-state index in [-0.39, 0.29) is 28.1 Å². The maximum absolute atomic E-state index is 14.8. The second kappa shape index (κ2) is 7.52. The SMILES string of the molecule is Cc1nnc(N2C(=O)C(=O)/C(=C(/O)c3ccc4c(c3)C[C@@H](C)O4)[C@H]2c2ccccc2F)s1. The summed E-state index contributed by atoms with van der Waals surface area (Å²) in [6.45, 7) is 3.65. The molecule has 32 heavy (non-hydrogen) atoms. The highest BCUT2D eigenvalue weighted by Gasteiger charge is 2.49. The highest BCUT2D eigenvalue weighted by Crippen LogP contribution is 2.44. The minimum absolute atomic E-state index is 0.00651. The highest BCUT2D eigenvalue weighted by molar-refractivity contribution is 7.15. The second-order valence-electron chi connectivity index (χ2n) is 7.75. The molecule has 0 unspecified atom stereocenters. The molecule has 2 aliphatic rings. The van der Waals surface area contributed by atoms with Crippen molar-refractivity contribution in [2.45, 2.75) is 32.4 Å². The number of carbonyl (C=O) groups excluding carboxylic acids is 2. The summed E-state index contributed by atoms with van der Waals surface area (Å²) in [5.41, 5.74) is 1.13. The molecule has 162 valence electrons. The molecule has 2 aromatic carbocycles. The van der Waals surface area contributed by atoms with Crippen molar-refractivity contribution >= 4 is 33.9 Å². The molecule has 0 aliphatic carbocycles. The van der Waals surface area contributed by atoms with Gasteiger partial charge < -0.3 is 9.84 Å². The molecular formula is C23H18FN3O4S. The van der Waals surface area contributed by atoms with E-state index < -0.39 is 23.5 Å². The van der Waals surface area contributed by atoms with Crippen LogP contribution in [0.15, 0.2) is 48.0 Å². The molecule has 1 fully saturated rings. The van der Waals surface area contributed by atoms with Crippen molar-refractivity contribution in [2.24, 2.45) is 0 Å². The number of ketones is 1. The van der Waals surface area contributed by atoms with Gasteiger partial charge in [0.1, 0.15) is 34.5 Å². The van der Waals surface area contributed by atoms with Gasteiger partial charge in [-0.3, -0.25) is 14.5 Å². The predicted octanol–water partition coefficient (Wildman–Crippen LogP) is 3.94. The van der Waals surface area contributed by atoms with Gasteiger partial charge in [0, 0.05) is 17.5 Å². The largest absolute Gasteiger partial charge is 0.507 e. The first-order chi connectivity index (χ1) is 15.3. The summed E-state index contributed by atoms with van der Waals surface area (Å²) in [7, 11) is 0. The fourth-order valence-electron chi connectivity index (χ4n) is 4.13. The number of halogens is 1. The third-order valence-corrected chi connectivity index (χ3v) is 6.37. The zero-order valence-corrected chi connectivity index (χ0v) is 18.0. The molecule has 1 saturated heterocycles. The van der Waals surface area contributed by atoms with E-state index in [9.17, 15) is 19.1 Å². The quantitative estimate of drug-likeness (QED) is 0.368. The minimum atomic E-state index is -1.17. The molecule has 1 amide bonds. The Balaban J connectivity index is 1.71. The van der Waals surface area contributed by atoms with Gasteiger partial charge in [-0.25, -0.2) is 4.39 Å². The Hall–Kier alpha value is -3.59. The monoisotopic (exact) mass is 451 g/mol. The van der Waals surface area contributed by atoms with Gasteiger partial charge in [-0.2, -0.15) is 0 Å². The maximum atomic E-state index is 14.8. The number of aliphatic hydroxyl groups is 1. The molecule has 2 atom stereocenters. The summed E-state index contributed by atoms with van der Waals surface area (Å²) in [6, 6.07) is 9.75. The lowest BCUT2D eigenvalue weighted by molar-refractivity contribution is -0.132. The topological polar surface area (TPSA) is 92.6 Å². The molecule has 3 heterocycles. The Labute approximate surface area is 186 Å². The lowest BCUT2D eigenvalue weighted by atomic mass is 9.94. The van der Waals surface area contributed by atoms with Crippen molar-refractivity contribution in [2.75, 3.05) is 4.90 Å². The number of ether oxygens (including phenoxy) is 1. The van der Waals surface area contributed by atoms with Crippen LogP contribution in [0.3, 0.4) is 0 Å². The third-order valence-electron chi connectivity index (χ3n) is 5.54. The summed E-state index contributed by atoms with van der Waals surface area (Å²) in [6.07, 6.45) is 0.665. The van der Waals surface area contributed by atoms with Crippen LogP contribution in [-0.2, 0) is 16.0 Å². The second-order valence-corrected chi connectivity index (χ2v) is 8.91. The summed E-state index contributed by atoms with van der Waals surface area (Å²) < 4.78 is 20.5. The molecule has 9 heteroatoms. The molecule has 2 aliphatic heterocycles. The number of aryl methyl sites for hydroxylation is 1. The van der Waals surface area contributed by atoms with Gasteiger partial charge in [0.15, 0.2) is 0 Å². The summed E-state index contributed by atoms with van der Waals surface area (Å²) in [5, 5.41) is 19.8. The number of aromatic nitrogens is 2. The molecule has 1 N–H and O–H groups in total. The number of hydrogen-bond acceptors (Lipinski definition) is 7. The van der Waals surface area contributed by atoms with E-state index in [0.717, 1.165) is 21.8 Å². The van der Waals surface area contributed by atoms with Crippen LogP contribution in [0.4, 0.5) is 9.52 Å². The molecule has 7 nitrogen and oxygen atoms in total. The Morgan fingerprint density at radius 2 is 2.00 bits per heavy atom. The van der Waals surface area contributed by atoms with Gasteiger partial charge in [-0.05, 0) is 43.7 Å². The van der Waals surface area contributed by atoms with E-state index >= 15 is 0 Å².